The molecule has 0 unspecified atom stereocenters. The van der Waals surface area contributed by atoms with Crippen LogP contribution in [-0.4, -0.2) is 11.2 Å². The van der Waals surface area contributed by atoms with Crippen LogP contribution in [-0.2, 0) is 0 Å². The fraction of sp³-hybridized carbons (Fsp3) is 0.846. The average molecular weight is 196 g/mol. The summed E-state index contributed by atoms with van der Waals surface area (Å²) in [5, 5.41) is 9.81. The van der Waals surface area contributed by atoms with E-state index >= 15 is 0 Å². The maximum absolute atomic E-state index is 9.81. The molecule has 0 aromatic heterocycles. The fourth-order valence-electron chi connectivity index (χ4n) is 2.67. The van der Waals surface area contributed by atoms with Crippen molar-refractivity contribution in [2.75, 3.05) is 0 Å². The summed E-state index contributed by atoms with van der Waals surface area (Å²) in [5.74, 6) is 1.93. The fourth-order valence-corrected chi connectivity index (χ4v) is 2.67. The highest BCUT2D eigenvalue weighted by Gasteiger charge is 2.32. The third-order valence-corrected chi connectivity index (χ3v) is 3.84. The van der Waals surface area contributed by atoms with Crippen molar-refractivity contribution >= 4 is 0 Å². The third-order valence-electron chi connectivity index (χ3n) is 3.84. The molecule has 1 aliphatic carbocycles. The van der Waals surface area contributed by atoms with Gasteiger partial charge in [0.15, 0.2) is 0 Å². The Bertz CT molecular complexity index is 197. The van der Waals surface area contributed by atoms with Crippen LogP contribution in [0.1, 0.15) is 46.5 Å². The second kappa shape index (κ2) is 4.97. The Labute approximate surface area is 88.2 Å². The number of hydrogen-bond donors (Lipinski definition) is 1. The summed E-state index contributed by atoms with van der Waals surface area (Å²) in [4.78, 5) is 0. The van der Waals surface area contributed by atoms with Gasteiger partial charge >= 0.3 is 0 Å². The van der Waals surface area contributed by atoms with E-state index in [4.69, 9.17) is 0 Å². The van der Waals surface area contributed by atoms with Crippen molar-refractivity contribution in [2.24, 2.45) is 17.8 Å². The first-order valence-corrected chi connectivity index (χ1v) is 5.84. The zero-order valence-electron chi connectivity index (χ0n) is 9.79. The van der Waals surface area contributed by atoms with E-state index in [1.54, 1.807) is 0 Å². The molecule has 82 valence electrons. The molecule has 1 nitrogen and oxygen atoms in total. The summed E-state index contributed by atoms with van der Waals surface area (Å²) in [5.41, 5.74) is 1.27. The van der Waals surface area contributed by atoms with E-state index in [9.17, 15) is 5.11 Å². The van der Waals surface area contributed by atoms with Gasteiger partial charge in [0.1, 0.15) is 0 Å². The molecule has 1 rings (SSSR count). The molecule has 1 saturated carbocycles. The summed E-state index contributed by atoms with van der Waals surface area (Å²) >= 11 is 0. The second-order valence-corrected chi connectivity index (χ2v) is 5.14. The van der Waals surface area contributed by atoms with Gasteiger partial charge in [0.05, 0.1) is 6.10 Å². The molecule has 1 fully saturated rings. The Morgan fingerprint density at radius 3 is 2.57 bits per heavy atom. The van der Waals surface area contributed by atoms with Crippen molar-refractivity contribution < 1.29 is 5.11 Å². The zero-order chi connectivity index (χ0) is 10.7. The Balaban J connectivity index is 2.49. The van der Waals surface area contributed by atoms with Crippen LogP contribution in [0.2, 0.25) is 0 Å². The van der Waals surface area contributed by atoms with Gasteiger partial charge in [-0.05, 0) is 50.4 Å². The predicted molar refractivity (Wildman–Crippen MR) is 61.1 cm³/mol. The van der Waals surface area contributed by atoms with E-state index in [-0.39, 0.29) is 6.10 Å². The molecule has 0 bridgehead atoms. The van der Waals surface area contributed by atoms with Crippen molar-refractivity contribution in [3.8, 4) is 0 Å². The molecular formula is C13H24O. The van der Waals surface area contributed by atoms with Gasteiger partial charge < -0.3 is 5.11 Å². The highest BCUT2D eigenvalue weighted by atomic mass is 16.3. The van der Waals surface area contributed by atoms with Gasteiger partial charge in [-0.15, -0.1) is 6.58 Å². The molecule has 0 aliphatic heterocycles. The molecule has 0 saturated heterocycles. The molecule has 1 N–H and O–H groups in total. The predicted octanol–water partition coefficient (Wildman–Crippen LogP) is 3.39. The Hall–Kier alpha value is -0.300. The Kier molecular flexibility index (Phi) is 4.18. The van der Waals surface area contributed by atoms with Crippen LogP contribution in [0.15, 0.2) is 12.2 Å². The molecule has 4 atom stereocenters. The van der Waals surface area contributed by atoms with Crippen LogP contribution in [0, 0.1) is 17.8 Å². The number of rotatable bonds is 3. The lowest BCUT2D eigenvalue weighted by Crippen LogP contribution is -2.35. The van der Waals surface area contributed by atoms with Crippen LogP contribution in [0.4, 0.5) is 0 Å². The first kappa shape index (κ1) is 11.8. The molecule has 0 aromatic rings. The standard InChI is InChI=1S/C13H24O/c1-9(2)5-7-12-10(3)6-8-13(14)11(12)4/h10-14H,1,5-8H2,2-4H3/t10-,11-,12+,13-/m0/s1. The maximum Gasteiger partial charge on any atom is 0.0568 e. The minimum absolute atomic E-state index is 0.0682. The molecule has 0 spiro atoms. The van der Waals surface area contributed by atoms with E-state index in [2.05, 4.69) is 27.4 Å². The smallest absolute Gasteiger partial charge is 0.0568 e. The minimum atomic E-state index is -0.0682. The highest BCUT2D eigenvalue weighted by Crippen LogP contribution is 2.37. The van der Waals surface area contributed by atoms with Crippen molar-refractivity contribution in [1.82, 2.24) is 0 Å². The van der Waals surface area contributed by atoms with Crippen LogP contribution < -0.4 is 0 Å². The first-order chi connectivity index (χ1) is 6.52. The summed E-state index contributed by atoms with van der Waals surface area (Å²) in [6.07, 6.45) is 4.43. The largest absolute Gasteiger partial charge is 0.393 e. The second-order valence-electron chi connectivity index (χ2n) is 5.14. The summed E-state index contributed by atoms with van der Waals surface area (Å²) < 4.78 is 0. The van der Waals surface area contributed by atoms with Crippen molar-refractivity contribution in [3.05, 3.63) is 12.2 Å². The first-order valence-electron chi connectivity index (χ1n) is 5.84. The molecule has 14 heavy (non-hydrogen) atoms. The lowest BCUT2D eigenvalue weighted by molar-refractivity contribution is 0.0130. The van der Waals surface area contributed by atoms with Crippen LogP contribution in [0.5, 0.6) is 0 Å². The minimum Gasteiger partial charge on any atom is -0.393 e. The van der Waals surface area contributed by atoms with E-state index in [1.165, 1.54) is 18.4 Å². The number of hydrogen-bond acceptors (Lipinski definition) is 1. The maximum atomic E-state index is 9.81. The summed E-state index contributed by atoms with van der Waals surface area (Å²) in [6, 6.07) is 0. The van der Waals surface area contributed by atoms with E-state index in [0.29, 0.717) is 11.8 Å². The van der Waals surface area contributed by atoms with Gasteiger partial charge in [-0.3, -0.25) is 0 Å². The topological polar surface area (TPSA) is 20.2 Å². The van der Waals surface area contributed by atoms with Gasteiger partial charge in [0.2, 0.25) is 0 Å². The van der Waals surface area contributed by atoms with Gasteiger partial charge in [0.25, 0.3) is 0 Å². The van der Waals surface area contributed by atoms with Crippen molar-refractivity contribution in [1.29, 1.82) is 0 Å². The number of aliphatic hydroxyl groups excluding tert-OH is 1. The van der Waals surface area contributed by atoms with Crippen molar-refractivity contribution in [3.63, 3.8) is 0 Å². The summed E-state index contributed by atoms with van der Waals surface area (Å²) in [7, 11) is 0. The summed E-state index contributed by atoms with van der Waals surface area (Å²) in [6.45, 7) is 10.6. The van der Waals surface area contributed by atoms with Gasteiger partial charge in [-0.25, -0.2) is 0 Å². The molecule has 1 aliphatic rings. The molecular weight excluding hydrogens is 172 g/mol. The van der Waals surface area contributed by atoms with Crippen molar-refractivity contribution in [2.45, 2.75) is 52.6 Å². The molecule has 0 radical (unpaired) electrons. The third kappa shape index (κ3) is 2.84. The van der Waals surface area contributed by atoms with Crippen LogP contribution >= 0.6 is 0 Å². The lowest BCUT2D eigenvalue weighted by Gasteiger charge is -2.38. The van der Waals surface area contributed by atoms with Gasteiger partial charge in [-0.2, -0.15) is 0 Å². The van der Waals surface area contributed by atoms with E-state index in [1.807, 2.05) is 0 Å². The van der Waals surface area contributed by atoms with E-state index < -0.39 is 0 Å². The number of aliphatic hydroxyl groups is 1. The molecule has 1 heteroatoms. The average Bonchev–Trinajstić information content (AvgIpc) is 2.11. The van der Waals surface area contributed by atoms with E-state index in [0.717, 1.165) is 18.8 Å². The zero-order valence-corrected chi connectivity index (χ0v) is 9.79. The van der Waals surface area contributed by atoms with Crippen LogP contribution in [0.25, 0.3) is 0 Å². The highest BCUT2D eigenvalue weighted by molar-refractivity contribution is 4.91. The van der Waals surface area contributed by atoms with Crippen LogP contribution in [0.3, 0.4) is 0 Å². The molecule has 0 aromatic carbocycles. The molecule has 0 heterocycles. The van der Waals surface area contributed by atoms with Gasteiger partial charge in [0, 0.05) is 0 Å². The normalized spacial score (nSPS) is 38.3. The molecule has 0 amide bonds. The monoisotopic (exact) mass is 196 g/mol. The SMILES string of the molecule is C=C(C)CC[C@H]1[C@H](C)[C@@H](O)CC[C@@H]1C. The Morgan fingerprint density at radius 1 is 1.36 bits per heavy atom. The Morgan fingerprint density at radius 2 is 2.00 bits per heavy atom. The number of allylic oxidation sites excluding steroid dienone is 1. The van der Waals surface area contributed by atoms with Gasteiger partial charge in [-0.1, -0.05) is 19.4 Å². The quantitative estimate of drug-likeness (QED) is 0.686. The lowest BCUT2D eigenvalue weighted by atomic mass is 9.70.